The largest absolute Gasteiger partial charge is 0.399 e. The van der Waals surface area contributed by atoms with Crippen LogP contribution in [0.2, 0.25) is 0 Å². The van der Waals surface area contributed by atoms with Crippen LogP contribution in [0.1, 0.15) is 18.5 Å². The molecule has 0 aliphatic carbocycles. The van der Waals surface area contributed by atoms with Crippen LogP contribution < -0.4 is 11.1 Å². The van der Waals surface area contributed by atoms with Gasteiger partial charge in [-0.15, -0.1) is 0 Å². The van der Waals surface area contributed by atoms with Crippen LogP contribution in [0.25, 0.3) is 0 Å². The third-order valence-corrected chi connectivity index (χ3v) is 4.09. The molecule has 3 N–H and O–H groups in total. The summed E-state index contributed by atoms with van der Waals surface area (Å²) in [4.78, 5) is 4.31. The number of benzene rings is 1. The number of aromatic nitrogens is 1. The molecule has 0 bridgehead atoms. The number of nitrogens with two attached hydrogens (primary N) is 1. The molecule has 0 spiro atoms. The summed E-state index contributed by atoms with van der Waals surface area (Å²) in [6.45, 7) is 1.94. The molecule has 1 unspecified atom stereocenters. The molecule has 2 aromatic rings. The van der Waals surface area contributed by atoms with Gasteiger partial charge in [-0.05, 0) is 36.8 Å². The van der Waals surface area contributed by atoms with Crippen molar-refractivity contribution in [2.45, 2.75) is 17.9 Å². The molecular weight excluding hydrogens is 274 g/mol. The summed E-state index contributed by atoms with van der Waals surface area (Å²) in [5, 5.41) is 3.12. The van der Waals surface area contributed by atoms with E-state index in [2.05, 4.69) is 10.3 Å². The second kappa shape index (κ2) is 5.50. The van der Waals surface area contributed by atoms with E-state index < -0.39 is 9.84 Å². The van der Waals surface area contributed by atoms with E-state index in [1.165, 1.54) is 6.26 Å². The van der Waals surface area contributed by atoms with Gasteiger partial charge < -0.3 is 11.1 Å². The molecule has 1 aromatic carbocycles. The van der Waals surface area contributed by atoms with Crippen LogP contribution in [-0.2, 0) is 9.84 Å². The van der Waals surface area contributed by atoms with E-state index in [1.54, 1.807) is 18.3 Å². The van der Waals surface area contributed by atoms with Crippen LogP contribution in [0.5, 0.6) is 0 Å². The van der Waals surface area contributed by atoms with Crippen molar-refractivity contribution in [2.75, 3.05) is 17.3 Å². The molecule has 6 heteroatoms. The zero-order valence-corrected chi connectivity index (χ0v) is 12.2. The van der Waals surface area contributed by atoms with Crippen molar-refractivity contribution in [3.63, 3.8) is 0 Å². The second-order valence-corrected chi connectivity index (χ2v) is 6.64. The molecule has 1 atom stereocenters. The number of hydrogen-bond acceptors (Lipinski definition) is 5. The van der Waals surface area contributed by atoms with Crippen LogP contribution in [-0.4, -0.2) is 19.7 Å². The van der Waals surface area contributed by atoms with Gasteiger partial charge >= 0.3 is 0 Å². The molecule has 0 fully saturated rings. The van der Waals surface area contributed by atoms with Gasteiger partial charge in [-0.2, -0.15) is 0 Å². The molecule has 1 heterocycles. The lowest BCUT2D eigenvalue weighted by molar-refractivity contribution is 0.601. The van der Waals surface area contributed by atoms with Crippen LogP contribution in [0.3, 0.4) is 0 Å². The van der Waals surface area contributed by atoms with Crippen LogP contribution in [0.15, 0.2) is 47.5 Å². The SMILES string of the molecule is CC(Nc1ncccc1S(C)(=O)=O)c1ccc(N)cc1. The lowest BCUT2D eigenvalue weighted by atomic mass is 10.1. The number of anilines is 2. The minimum Gasteiger partial charge on any atom is -0.399 e. The number of nitrogen functional groups attached to an aromatic ring is 1. The lowest BCUT2D eigenvalue weighted by Crippen LogP contribution is -2.11. The Bertz CT molecular complexity index is 697. The predicted octanol–water partition coefficient (Wildman–Crippen LogP) is 2.24. The number of nitrogens with one attached hydrogen (secondary N) is 1. The van der Waals surface area contributed by atoms with Gasteiger partial charge in [-0.25, -0.2) is 13.4 Å². The van der Waals surface area contributed by atoms with Gasteiger partial charge in [0, 0.05) is 24.2 Å². The molecule has 0 aliphatic heterocycles. The number of hydrogen-bond donors (Lipinski definition) is 2. The molecule has 0 amide bonds. The Kier molecular flexibility index (Phi) is 3.94. The Balaban J connectivity index is 2.28. The summed E-state index contributed by atoms with van der Waals surface area (Å²) in [7, 11) is -3.31. The Labute approximate surface area is 118 Å². The van der Waals surface area contributed by atoms with Crippen molar-refractivity contribution in [3.8, 4) is 0 Å². The van der Waals surface area contributed by atoms with E-state index in [1.807, 2.05) is 31.2 Å². The zero-order valence-electron chi connectivity index (χ0n) is 11.4. The minimum absolute atomic E-state index is 0.0778. The average Bonchev–Trinajstić information content (AvgIpc) is 2.38. The van der Waals surface area contributed by atoms with E-state index in [0.717, 1.165) is 5.56 Å². The fourth-order valence-corrected chi connectivity index (χ4v) is 2.66. The topological polar surface area (TPSA) is 85.1 Å². The molecule has 1 aromatic heterocycles. The van der Waals surface area contributed by atoms with E-state index in [4.69, 9.17) is 5.73 Å². The van der Waals surface area contributed by atoms with E-state index in [9.17, 15) is 8.42 Å². The molecule has 0 radical (unpaired) electrons. The predicted molar refractivity (Wildman–Crippen MR) is 80.2 cm³/mol. The summed E-state index contributed by atoms with van der Waals surface area (Å²) >= 11 is 0. The monoisotopic (exact) mass is 291 g/mol. The van der Waals surface area contributed by atoms with E-state index >= 15 is 0 Å². The highest BCUT2D eigenvalue weighted by atomic mass is 32.2. The first-order valence-corrected chi connectivity index (χ1v) is 8.04. The van der Waals surface area contributed by atoms with Gasteiger partial charge in [0.1, 0.15) is 10.7 Å². The molecular formula is C14H17N3O2S. The molecule has 0 saturated carbocycles. The number of nitrogens with zero attached hydrogens (tertiary/aromatic N) is 1. The third kappa shape index (κ3) is 3.27. The van der Waals surface area contributed by atoms with Crippen LogP contribution in [0, 0.1) is 0 Å². The van der Waals surface area contributed by atoms with E-state index in [0.29, 0.717) is 11.5 Å². The van der Waals surface area contributed by atoms with E-state index in [-0.39, 0.29) is 10.9 Å². The van der Waals surface area contributed by atoms with Gasteiger partial charge in [0.2, 0.25) is 0 Å². The molecule has 2 rings (SSSR count). The van der Waals surface area contributed by atoms with Crippen molar-refractivity contribution >= 4 is 21.3 Å². The van der Waals surface area contributed by atoms with Crippen molar-refractivity contribution in [2.24, 2.45) is 0 Å². The Morgan fingerprint density at radius 3 is 2.45 bits per heavy atom. The standard InChI is InChI=1S/C14H17N3O2S/c1-10(11-5-7-12(15)8-6-11)17-14-13(20(2,18)19)4-3-9-16-14/h3-10H,15H2,1-2H3,(H,16,17). The lowest BCUT2D eigenvalue weighted by Gasteiger charge is -2.17. The van der Waals surface area contributed by atoms with Gasteiger partial charge in [0.05, 0.1) is 0 Å². The van der Waals surface area contributed by atoms with Crippen molar-refractivity contribution in [3.05, 3.63) is 48.2 Å². The highest BCUT2D eigenvalue weighted by molar-refractivity contribution is 7.90. The smallest absolute Gasteiger partial charge is 0.179 e. The van der Waals surface area contributed by atoms with Crippen LogP contribution in [0.4, 0.5) is 11.5 Å². The maximum atomic E-state index is 11.7. The van der Waals surface area contributed by atoms with Gasteiger partial charge in [-0.1, -0.05) is 12.1 Å². The highest BCUT2D eigenvalue weighted by Gasteiger charge is 2.16. The van der Waals surface area contributed by atoms with Crippen molar-refractivity contribution in [1.82, 2.24) is 4.98 Å². The molecule has 0 saturated heterocycles. The second-order valence-electron chi connectivity index (χ2n) is 4.66. The fraction of sp³-hybridized carbons (Fsp3) is 0.214. The first-order chi connectivity index (χ1) is 9.38. The molecule has 106 valence electrons. The first kappa shape index (κ1) is 14.3. The Morgan fingerprint density at radius 2 is 1.85 bits per heavy atom. The zero-order chi connectivity index (χ0) is 14.8. The number of rotatable bonds is 4. The van der Waals surface area contributed by atoms with Gasteiger partial charge in [0.25, 0.3) is 0 Å². The maximum absolute atomic E-state index is 11.7. The number of sulfone groups is 1. The Morgan fingerprint density at radius 1 is 1.20 bits per heavy atom. The summed E-state index contributed by atoms with van der Waals surface area (Å²) in [6, 6.07) is 10.5. The Hall–Kier alpha value is -2.08. The maximum Gasteiger partial charge on any atom is 0.179 e. The quantitative estimate of drug-likeness (QED) is 0.844. The van der Waals surface area contributed by atoms with Gasteiger partial charge in [0.15, 0.2) is 9.84 Å². The number of pyridine rings is 1. The molecule has 5 nitrogen and oxygen atoms in total. The van der Waals surface area contributed by atoms with Crippen molar-refractivity contribution < 1.29 is 8.42 Å². The average molecular weight is 291 g/mol. The van der Waals surface area contributed by atoms with Crippen molar-refractivity contribution in [1.29, 1.82) is 0 Å². The first-order valence-electron chi connectivity index (χ1n) is 6.15. The van der Waals surface area contributed by atoms with Gasteiger partial charge in [-0.3, -0.25) is 0 Å². The summed E-state index contributed by atoms with van der Waals surface area (Å²) in [6.07, 6.45) is 2.73. The van der Waals surface area contributed by atoms with Crippen LogP contribution >= 0.6 is 0 Å². The normalized spacial score (nSPS) is 12.9. The molecule has 0 aliphatic rings. The minimum atomic E-state index is -3.31. The fourth-order valence-electron chi connectivity index (χ4n) is 1.87. The third-order valence-electron chi connectivity index (χ3n) is 2.96. The summed E-state index contributed by atoms with van der Waals surface area (Å²) in [5.74, 6) is 0.360. The molecule has 20 heavy (non-hydrogen) atoms. The highest BCUT2D eigenvalue weighted by Crippen LogP contribution is 2.23. The summed E-state index contributed by atoms with van der Waals surface area (Å²) < 4.78 is 23.4. The summed E-state index contributed by atoms with van der Waals surface area (Å²) in [5.41, 5.74) is 7.34.